The van der Waals surface area contributed by atoms with Crippen molar-refractivity contribution < 1.29 is 14.3 Å². The van der Waals surface area contributed by atoms with Gasteiger partial charge in [-0.3, -0.25) is 0 Å². The number of hydrogen-bond donors (Lipinski definition) is 1. The molecule has 0 aliphatic carbocycles. The van der Waals surface area contributed by atoms with Crippen LogP contribution in [0.25, 0.3) is 0 Å². The molecule has 2 rings (SSSR count). The van der Waals surface area contributed by atoms with E-state index in [0.29, 0.717) is 21.9 Å². The summed E-state index contributed by atoms with van der Waals surface area (Å²) in [7, 11) is 1.56. The molecule has 3 nitrogen and oxygen atoms in total. The van der Waals surface area contributed by atoms with Gasteiger partial charge in [-0.25, -0.2) is 0 Å². The first kappa shape index (κ1) is 12.0. The Kier molecular flexibility index (Phi) is 3.41. The average Bonchev–Trinajstić information content (AvgIpc) is 2.75. The van der Waals surface area contributed by atoms with Crippen LogP contribution < -0.4 is 4.74 Å². The molecule has 0 aliphatic heterocycles. The molecule has 17 heavy (non-hydrogen) atoms. The normalized spacial score (nSPS) is 12.5. The van der Waals surface area contributed by atoms with Gasteiger partial charge in [-0.2, -0.15) is 0 Å². The van der Waals surface area contributed by atoms with Crippen LogP contribution in [0.15, 0.2) is 34.9 Å². The van der Waals surface area contributed by atoms with E-state index in [1.807, 2.05) is 6.92 Å². The molecule has 2 aromatic rings. The van der Waals surface area contributed by atoms with Gasteiger partial charge in [0.15, 0.2) is 0 Å². The molecule has 0 saturated carbocycles. The number of aliphatic hydroxyl groups is 1. The van der Waals surface area contributed by atoms with Crippen molar-refractivity contribution in [1.82, 2.24) is 0 Å². The maximum atomic E-state index is 10.2. The molecule has 0 spiro atoms. The first-order valence-electron chi connectivity index (χ1n) is 5.18. The van der Waals surface area contributed by atoms with Crippen LogP contribution in [0.4, 0.5) is 0 Å². The smallest absolute Gasteiger partial charge is 0.125 e. The minimum Gasteiger partial charge on any atom is -0.496 e. The molecule has 0 bridgehead atoms. The highest BCUT2D eigenvalue weighted by Crippen LogP contribution is 2.32. The molecule has 0 radical (unpaired) electrons. The van der Waals surface area contributed by atoms with Crippen molar-refractivity contribution in [2.45, 2.75) is 13.0 Å². The van der Waals surface area contributed by atoms with Crippen LogP contribution >= 0.6 is 11.6 Å². The largest absolute Gasteiger partial charge is 0.496 e. The molecule has 1 heterocycles. The third-order valence-electron chi connectivity index (χ3n) is 2.55. The quantitative estimate of drug-likeness (QED) is 0.911. The molecule has 1 aromatic carbocycles. The van der Waals surface area contributed by atoms with Crippen molar-refractivity contribution in [2.75, 3.05) is 7.11 Å². The Bertz CT molecular complexity index is 519. The zero-order valence-corrected chi connectivity index (χ0v) is 10.4. The zero-order valence-electron chi connectivity index (χ0n) is 9.61. The third kappa shape index (κ3) is 2.46. The van der Waals surface area contributed by atoms with Gasteiger partial charge in [0.05, 0.1) is 13.4 Å². The number of halogens is 1. The highest BCUT2D eigenvalue weighted by atomic mass is 35.5. The summed E-state index contributed by atoms with van der Waals surface area (Å²) in [6.07, 6.45) is 0.724. The summed E-state index contributed by atoms with van der Waals surface area (Å²) in [5.41, 5.74) is 1.31. The number of ether oxygens (including phenoxy) is 1. The fourth-order valence-corrected chi connectivity index (χ4v) is 1.89. The second-order valence-electron chi connectivity index (χ2n) is 3.78. The van der Waals surface area contributed by atoms with E-state index in [0.717, 1.165) is 5.76 Å². The molecule has 4 heteroatoms. The van der Waals surface area contributed by atoms with Crippen LogP contribution in [0.1, 0.15) is 23.0 Å². The highest BCUT2D eigenvalue weighted by molar-refractivity contribution is 6.30. The molecular formula is C13H13ClO3. The third-order valence-corrected chi connectivity index (χ3v) is 2.79. The van der Waals surface area contributed by atoms with Gasteiger partial charge in [-0.1, -0.05) is 11.6 Å². The predicted octanol–water partition coefficient (Wildman–Crippen LogP) is 3.33. The van der Waals surface area contributed by atoms with E-state index in [1.165, 1.54) is 6.26 Å². The fraction of sp³-hybridized carbons (Fsp3) is 0.231. The monoisotopic (exact) mass is 252 g/mol. The minimum absolute atomic E-state index is 0.556. The minimum atomic E-state index is -0.805. The van der Waals surface area contributed by atoms with Crippen molar-refractivity contribution in [2.24, 2.45) is 0 Å². The van der Waals surface area contributed by atoms with Gasteiger partial charge in [-0.05, 0) is 31.2 Å². The second kappa shape index (κ2) is 4.82. The SMILES string of the molecule is COc1ccc(Cl)cc1C(O)c1coc(C)c1. The number of aryl methyl sites for hydroxylation is 1. The van der Waals surface area contributed by atoms with Crippen LogP contribution in [0.5, 0.6) is 5.75 Å². The van der Waals surface area contributed by atoms with Gasteiger partial charge in [0.1, 0.15) is 17.6 Å². The van der Waals surface area contributed by atoms with Crippen LogP contribution in [-0.2, 0) is 0 Å². The van der Waals surface area contributed by atoms with E-state index < -0.39 is 6.10 Å². The lowest BCUT2D eigenvalue weighted by Gasteiger charge is -2.13. The molecule has 1 atom stereocenters. The number of furan rings is 1. The van der Waals surface area contributed by atoms with Crippen LogP contribution in [0, 0.1) is 6.92 Å². The Morgan fingerprint density at radius 3 is 2.71 bits per heavy atom. The summed E-state index contributed by atoms with van der Waals surface area (Å²) >= 11 is 5.92. The van der Waals surface area contributed by atoms with Crippen molar-refractivity contribution in [1.29, 1.82) is 0 Å². The Hall–Kier alpha value is -1.45. The van der Waals surface area contributed by atoms with Crippen molar-refractivity contribution >= 4 is 11.6 Å². The standard InChI is InChI=1S/C13H13ClO3/c1-8-5-9(7-17-8)13(15)11-6-10(14)3-4-12(11)16-2/h3-7,13,15H,1-2H3. The topological polar surface area (TPSA) is 42.6 Å². The van der Waals surface area contributed by atoms with Crippen molar-refractivity contribution in [3.63, 3.8) is 0 Å². The summed E-state index contributed by atoms with van der Waals surface area (Å²) in [6.45, 7) is 1.82. The lowest BCUT2D eigenvalue weighted by molar-refractivity contribution is 0.213. The van der Waals surface area contributed by atoms with Crippen molar-refractivity contribution in [3.8, 4) is 5.75 Å². The zero-order chi connectivity index (χ0) is 12.4. The highest BCUT2D eigenvalue weighted by Gasteiger charge is 2.17. The number of hydrogen-bond acceptors (Lipinski definition) is 3. The summed E-state index contributed by atoms with van der Waals surface area (Å²) in [5, 5.41) is 10.8. The average molecular weight is 253 g/mol. The second-order valence-corrected chi connectivity index (χ2v) is 4.22. The number of aliphatic hydroxyl groups excluding tert-OH is 1. The molecule has 0 aliphatic rings. The van der Waals surface area contributed by atoms with E-state index >= 15 is 0 Å². The van der Waals surface area contributed by atoms with Gasteiger partial charge >= 0.3 is 0 Å². The lowest BCUT2D eigenvalue weighted by Crippen LogP contribution is -2.01. The lowest BCUT2D eigenvalue weighted by atomic mass is 10.0. The summed E-state index contributed by atoms with van der Waals surface area (Å²) in [5.74, 6) is 1.35. The molecule has 0 saturated heterocycles. The molecule has 1 unspecified atom stereocenters. The van der Waals surface area contributed by atoms with E-state index in [4.69, 9.17) is 20.8 Å². The first-order valence-corrected chi connectivity index (χ1v) is 5.56. The molecular weight excluding hydrogens is 240 g/mol. The number of benzene rings is 1. The maximum Gasteiger partial charge on any atom is 0.125 e. The predicted molar refractivity (Wildman–Crippen MR) is 65.5 cm³/mol. The summed E-state index contributed by atoms with van der Waals surface area (Å²) < 4.78 is 10.4. The van der Waals surface area contributed by atoms with E-state index in [2.05, 4.69) is 0 Å². The molecule has 0 amide bonds. The van der Waals surface area contributed by atoms with Gasteiger partial charge < -0.3 is 14.3 Å². The Morgan fingerprint density at radius 1 is 1.35 bits per heavy atom. The van der Waals surface area contributed by atoms with Crippen LogP contribution in [-0.4, -0.2) is 12.2 Å². The van der Waals surface area contributed by atoms with Gasteiger partial charge in [0, 0.05) is 16.1 Å². The number of methoxy groups -OCH3 is 1. The van der Waals surface area contributed by atoms with Crippen LogP contribution in [0.3, 0.4) is 0 Å². The van der Waals surface area contributed by atoms with Crippen molar-refractivity contribution in [3.05, 3.63) is 52.4 Å². The Balaban J connectivity index is 2.42. The van der Waals surface area contributed by atoms with E-state index in [9.17, 15) is 5.11 Å². The molecule has 0 fully saturated rings. The molecule has 1 aromatic heterocycles. The number of rotatable bonds is 3. The first-order chi connectivity index (χ1) is 8.11. The van der Waals surface area contributed by atoms with E-state index in [-0.39, 0.29) is 0 Å². The van der Waals surface area contributed by atoms with Crippen LogP contribution in [0.2, 0.25) is 5.02 Å². The maximum absolute atomic E-state index is 10.2. The van der Waals surface area contributed by atoms with Gasteiger partial charge in [0.2, 0.25) is 0 Å². The molecule has 90 valence electrons. The van der Waals surface area contributed by atoms with E-state index in [1.54, 1.807) is 31.4 Å². The Labute approximate surface area is 105 Å². The fourth-order valence-electron chi connectivity index (χ4n) is 1.71. The Morgan fingerprint density at radius 2 is 2.12 bits per heavy atom. The summed E-state index contributed by atoms with van der Waals surface area (Å²) in [6, 6.07) is 6.92. The van der Waals surface area contributed by atoms with Gasteiger partial charge in [-0.15, -0.1) is 0 Å². The molecule has 1 N–H and O–H groups in total. The summed E-state index contributed by atoms with van der Waals surface area (Å²) in [4.78, 5) is 0. The van der Waals surface area contributed by atoms with Gasteiger partial charge in [0.25, 0.3) is 0 Å².